The number of hydrogen-bond acceptors (Lipinski definition) is 7. The lowest BCUT2D eigenvalue weighted by Gasteiger charge is -2.26. The zero-order chi connectivity index (χ0) is 22.9. The van der Waals surface area contributed by atoms with Crippen molar-refractivity contribution in [2.45, 2.75) is 12.6 Å². The fourth-order valence-corrected chi connectivity index (χ4v) is 4.18. The summed E-state index contributed by atoms with van der Waals surface area (Å²) in [5.41, 5.74) is 0.882. The summed E-state index contributed by atoms with van der Waals surface area (Å²) in [6.07, 6.45) is 1.50. The van der Waals surface area contributed by atoms with Crippen molar-refractivity contribution >= 4 is 17.4 Å². The zero-order valence-corrected chi connectivity index (χ0v) is 17.8. The number of ether oxygens (including phenoxy) is 3. The summed E-state index contributed by atoms with van der Waals surface area (Å²) >= 11 is 0. The van der Waals surface area contributed by atoms with E-state index >= 15 is 0 Å². The Morgan fingerprint density at radius 3 is 2.61 bits per heavy atom. The number of amides is 1. The average molecular weight is 447 g/mol. The Balaban J connectivity index is 1.66. The molecule has 0 saturated carbocycles. The molecule has 1 unspecified atom stereocenters. The standard InChI is InChI=1S/C25H21NO7/c1-30-18-7-3-2-6-17(18)22-21(24(28)25(29)26(22)14-16-5-4-10-31-16)23(27)15-8-9-19-20(13-15)33-12-11-32-19/h2-10,13,22,27H,11-12,14H2,1H3/b23-21+. The number of furan rings is 1. The van der Waals surface area contributed by atoms with Crippen LogP contribution < -0.4 is 14.2 Å². The van der Waals surface area contributed by atoms with Crippen LogP contribution in [-0.4, -0.2) is 42.0 Å². The summed E-state index contributed by atoms with van der Waals surface area (Å²) in [6, 6.07) is 14.5. The van der Waals surface area contributed by atoms with Crippen LogP contribution in [0.25, 0.3) is 5.76 Å². The van der Waals surface area contributed by atoms with E-state index in [2.05, 4.69) is 0 Å². The molecule has 3 aromatic rings. The first-order chi connectivity index (χ1) is 16.1. The number of likely N-dealkylation sites (tertiary alicyclic amines) is 1. The molecule has 2 aliphatic heterocycles. The predicted octanol–water partition coefficient (Wildman–Crippen LogP) is 3.68. The van der Waals surface area contributed by atoms with Crippen LogP contribution in [0.5, 0.6) is 17.2 Å². The Labute approximate surface area is 189 Å². The Bertz CT molecular complexity index is 1250. The molecule has 3 heterocycles. The number of carbonyl (C=O) groups is 2. The largest absolute Gasteiger partial charge is 0.507 e. The predicted molar refractivity (Wildman–Crippen MR) is 117 cm³/mol. The smallest absolute Gasteiger partial charge is 0.296 e. The molecule has 1 saturated heterocycles. The van der Waals surface area contributed by atoms with Gasteiger partial charge in [0.05, 0.1) is 31.5 Å². The van der Waals surface area contributed by atoms with Crippen molar-refractivity contribution in [3.8, 4) is 17.2 Å². The fourth-order valence-electron chi connectivity index (χ4n) is 4.18. The van der Waals surface area contributed by atoms with E-state index in [-0.39, 0.29) is 17.9 Å². The molecule has 5 rings (SSSR count). The maximum Gasteiger partial charge on any atom is 0.296 e. The van der Waals surface area contributed by atoms with Crippen molar-refractivity contribution in [3.05, 3.63) is 83.3 Å². The number of hydrogen-bond donors (Lipinski definition) is 1. The summed E-state index contributed by atoms with van der Waals surface area (Å²) in [4.78, 5) is 27.7. The molecule has 8 heteroatoms. The maximum atomic E-state index is 13.2. The number of para-hydroxylation sites is 1. The highest BCUT2D eigenvalue weighted by Crippen LogP contribution is 2.44. The molecule has 8 nitrogen and oxygen atoms in total. The number of aliphatic hydroxyl groups is 1. The van der Waals surface area contributed by atoms with Crippen LogP contribution >= 0.6 is 0 Å². The Kier molecular flexibility index (Phi) is 5.26. The van der Waals surface area contributed by atoms with Crippen molar-refractivity contribution in [3.63, 3.8) is 0 Å². The van der Waals surface area contributed by atoms with Crippen LogP contribution in [0.15, 0.2) is 70.9 Å². The fraction of sp³-hybridized carbons (Fsp3) is 0.200. The SMILES string of the molecule is COc1ccccc1C1/C(=C(\O)c2ccc3c(c2)OCCO3)C(=O)C(=O)N1Cc1ccco1. The number of aliphatic hydroxyl groups excluding tert-OH is 1. The van der Waals surface area contributed by atoms with Gasteiger partial charge in [-0.2, -0.15) is 0 Å². The van der Waals surface area contributed by atoms with Gasteiger partial charge in [-0.05, 0) is 36.4 Å². The third-order valence-corrected chi connectivity index (χ3v) is 5.70. The number of rotatable bonds is 5. The Morgan fingerprint density at radius 1 is 1.06 bits per heavy atom. The van der Waals surface area contributed by atoms with Gasteiger partial charge < -0.3 is 28.6 Å². The van der Waals surface area contributed by atoms with Crippen LogP contribution in [0.2, 0.25) is 0 Å². The summed E-state index contributed by atoms with van der Waals surface area (Å²) in [5.74, 6) is 0.189. The van der Waals surface area contributed by atoms with Crippen molar-refractivity contribution in [1.29, 1.82) is 0 Å². The van der Waals surface area contributed by atoms with Gasteiger partial charge in [0, 0.05) is 11.1 Å². The molecular formula is C25H21NO7. The second-order valence-electron chi connectivity index (χ2n) is 7.61. The Hall–Kier alpha value is -4.20. The van der Waals surface area contributed by atoms with E-state index in [0.717, 1.165) is 0 Å². The first-order valence-corrected chi connectivity index (χ1v) is 10.4. The highest BCUT2D eigenvalue weighted by atomic mass is 16.6. The third-order valence-electron chi connectivity index (χ3n) is 5.70. The number of methoxy groups -OCH3 is 1. The van der Waals surface area contributed by atoms with Crippen LogP contribution in [0, 0.1) is 0 Å². The van der Waals surface area contributed by atoms with E-state index in [4.69, 9.17) is 18.6 Å². The molecule has 2 aliphatic rings. The van der Waals surface area contributed by atoms with E-state index in [0.29, 0.717) is 47.3 Å². The monoisotopic (exact) mass is 447 g/mol. The van der Waals surface area contributed by atoms with Gasteiger partial charge in [0.1, 0.15) is 30.5 Å². The van der Waals surface area contributed by atoms with E-state index in [1.165, 1.54) is 18.3 Å². The van der Waals surface area contributed by atoms with Crippen molar-refractivity contribution in [1.82, 2.24) is 4.90 Å². The topological polar surface area (TPSA) is 98.4 Å². The van der Waals surface area contributed by atoms with Gasteiger partial charge in [0.25, 0.3) is 11.7 Å². The number of fused-ring (bicyclic) bond motifs is 1. The minimum atomic E-state index is -0.876. The van der Waals surface area contributed by atoms with Crippen molar-refractivity contribution < 1.29 is 33.3 Å². The molecule has 0 spiro atoms. The number of benzene rings is 2. The minimum Gasteiger partial charge on any atom is -0.507 e. The highest BCUT2D eigenvalue weighted by Gasteiger charge is 2.47. The summed E-state index contributed by atoms with van der Waals surface area (Å²) in [7, 11) is 1.51. The van der Waals surface area contributed by atoms with Gasteiger partial charge in [0.15, 0.2) is 11.5 Å². The normalized spacial score (nSPS) is 19.1. The van der Waals surface area contributed by atoms with Gasteiger partial charge >= 0.3 is 0 Å². The van der Waals surface area contributed by atoms with Crippen molar-refractivity contribution in [2.24, 2.45) is 0 Å². The molecule has 0 radical (unpaired) electrons. The van der Waals surface area contributed by atoms with E-state index in [9.17, 15) is 14.7 Å². The molecule has 1 amide bonds. The first kappa shape index (κ1) is 20.7. The van der Waals surface area contributed by atoms with Gasteiger partial charge in [-0.15, -0.1) is 0 Å². The average Bonchev–Trinajstić information content (AvgIpc) is 3.45. The molecule has 168 valence electrons. The van der Waals surface area contributed by atoms with E-state index < -0.39 is 17.7 Å². The quantitative estimate of drug-likeness (QED) is 0.362. The highest BCUT2D eigenvalue weighted by molar-refractivity contribution is 6.46. The first-order valence-electron chi connectivity index (χ1n) is 10.4. The summed E-state index contributed by atoms with van der Waals surface area (Å²) in [6.45, 7) is 0.869. The van der Waals surface area contributed by atoms with Gasteiger partial charge in [-0.25, -0.2) is 0 Å². The van der Waals surface area contributed by atoms with Gasteiger partial charge in [-0.3, -0.25) is 9.59 Å². The van der Waals surface area contributed by atoms with Crippen LogP contribution in [0.3, 0.4) is 0 Å². The van der Waals surface area contributed by atoms with E-state index in [1.54, 1.807) is 54.6 Å². The van der Waals surface area contributed by atoms with Crippen LogP contribution in [-0.2, 0) is 16.1 Å². The molecular weight excluding hydrogens is 426 g/mol. The number of carbonyl (C=O) groups excluding carboxylic acids is 2. The summed E-state index contributed by atoms with van der Waals surface area (Å²) < 4.78 is 22.1. The lowest BCUT2D eigenvalue weighted by molar-refractivity contribution is -0.140. The molecule has 1 fully saturated rings. The molecule has 1 aromatic heterocycles. The van der Waals surface area contributed by atoms with Crippen LogP contribution in [0.4, 0.5) is 0 Å². The summed E-state index contributed by atoms with van der Waals surface area (Å²) in [5, 5.41) is 11.3. The zero-order valence-electron chi connectivity index (χ0n) is 17.8. The number of Topliss-reactive ketones (excluding diaryl/α,β-unsaturated/α-hetero) is 1. The number of nitrogens with zero attached hydrogens (tertiary/aromatic N) is 1. The molecule has 1 atom stereocenters. The maximum absolute atomic E-state index is 13.2. The molecule has 0 aliphatic carbocycles. The number of ketones is 1. The van der Waals surface area contributed by atoms with Gasteiger partial charge in [0.2, 0.25) is 0 Å². The van der Waals surface area contributed by atoms with Crippen molar-refractivity contribution in [2.75, 3.05) is 20.3 Å². The second kappa shape index (κ2) is 8.38. The third kappa shape index (κ3) is 3.59. The minimum absolute atomic E-state index is 0.0345. The molecule has 33 heavy (non-hydrogen) atoms. The van der Waals surface area contributed by atoms with Gasteiger partial charge in [-0.1, -0.05) is 18.2 Å². The molecule has 0 bridgehead atoms. The second-order valence-corrected chi connectivity index (χ2v) is 7.61. The van der Waals surface area contributed by atoms with Crippen LogP contribution in [0.1, 0.15) is 22.9 Å². The van der Waals surface area contributed by atoms with E-state index in [1.807, 2.05) is 0 Å². The lowest BCUT2D eigenvalue weighted by atomic mass is 9.94. The molecule has 2 aromatic carbocycles. The Morgan fingerprint density at radius 2 is 1.85 bits per heavy atom. The lowest BCUT2D eigenvalue weighted by Crippen LogP contribution is -2.29. The molecule has 1 N–H and O–H groups in total.